The van der Waals surface area contributed by atoms with E-state index in [-0.39, 0.29) is 0 Å². The van der Waals surface area contributed by atoms with Crippen molar-refractivity contribution in [1.29, 1.82) is 0 Å². The first kappa shape index (κ1) is 5.34. The van der Waals surface area contributed by atoms with Gasteiger partial charge in [0.15, 0.2) is 0 Å². The minimum atomic E-state index is 0.597. The van der Waals surface area contributed by atoms with Gasteiger partial charge in [-0.15, -0.1) is 5.10 Å². The summed E-state index contributed by atoms with van der Waals surface area (Å²) < 4.78 is 1.58. The van der Waals surface area contributed by atoms with Gasteiger partial charge in [0.1, 0.15) is 0 Å². The largest absolute Gasteiger partial charge is 0.253 e. The van der Waals surface area contributed by atoms with Gasteiger partial charge in [-0.25, -0.2) is 9.50 Å². The smallest absolute Gasteiger partial charge is 0.216 e. The standard InChI is InChI=1S/C6H5N4/c1-5-2-3-10-6(9-5)7-4-8-10/h2-3H,1H3. The summed E-state index contributed by atoms with van der Waals surface area (Å²) >= 11 is 0. The van der Waals surface area contributed by atoms with Crippen LogP contribution in [-0.2, 0) is 0 Å². The Balaban J connectivity index is 2.86. The minimum Gasteiger partial charge on any atom is -0.216 e. The van der Waals surface area contributed by atoms with Gasteiger partial charge in [0.25, 0.3) is 5.78 Å². The summed E-state index contributed by atoms with van der Waals surface area (Å²) in [6.45, 7) is 1.91. The summed E-state index contributed by atoms with van der Waals surface area (Å²) in [6.07, 6.45) is 4.27. The van der Waals surface area contributed by atoms with Gasteiger partial charge in [-0.2, -0.15) is 4.98 Å². The monoisotopic (exact) mass is 133 g/mol. The topological polar surface area (TPSA) is 43.1 Å². The van der Waals surface area contributed by atoms with E-state index in [0.717, 1.165) is 5.69 Å². The molecule has 0 aliphatic rings. The molecule has 0 saturated heterocycles. The molecule has 0 atom stereocenters. The number of aryl methyl sites for hydroxylation is 1. The molecule has 49 valence electrons. The van der Waals surface area contributed by atoms with Gasteiger partial charge >= 0.3 is 0 Å². The van der Waals surface area contributed by atoms with Crippen LogP contribution < -0.4 is 0 Å². The van der Waals surface area contributed by atoms with Crippen molar-refractivity contribution in [3.05, 3.63) is 24.3 Å². The molecule has 0 aliphatic carbocycles. The van der Waals surface area contributed by atoms with E-state index < -0.39 is 0 Å². The molecular formula is C6H5N4. The summed E-state index contributed by atoms with van der Waals surface area (Å²) in [5.74, 6) is 0.597. The lowest BCUT2D eigenvalue weighted by atomic mass is 10.5. The van der Waals surface area contributed by atoms with E-state index in [1.807, 2.05) is 13.0 Å². The molecule has 2 rings (SSSR count). The highest BCUT2D eigenvalue weighted by atomic mass is 15.3. The third-order valence-corrected chi connectivity index (χ3v) is 1.24. The van der Waals surface area contributed by atoms with E-state index in [1.165, 1.54) is 0 Å². The van der Waals surface area contributed by atoms with E-state index in [4.69, 9.17) is 0 Å². The summed E-state index contributed by atoms with van der Waals surface area (Å²) in [4.78, 5) is 7.89. The van der Waals surface area contributed by atoms with Crippen LogP contribution >= 0.6 is 0 Å². The zero-order valence-electron chi connectivity index (χ0n) is 5.44. The van der Waals surface area contributed by atoms with Crippen molar-refractivity contribution < 1.29 is 0 Å². The Hall–Kier alpha value is -1.45. The maximum absolute atomic E-state index is 4.09. The maximum atomic E-state index is 4.09. The van der Waals surface area contributed by atoms with Crippen molar-refractivity contribution >= 4 is 5.78 Å². The Morgan fingerprint density at radius 1 is 1.60 bits per heavy atom. The summed E-state index contributed by atoms with van der Waals surface area (Å²) in [5, 5.41) is 3.78. The first-order valence-electron chi connectivity index (χ1n) is 2.92. The van der Waals surface area contributed by atoms with Crippen LogP contribution in [0.15, 0.2) is 12.3 Å². The van der Waals surface area contributed by atoms with Crippen molar-refractivity contribution in [2.24, 2.45) is 0 Å². The zero-order valence-corrected chi connectivity index (χ0v) is 5.44. The lowest BCUT2D eigenvalue weighted by molar-refractivity contribution is 0.926. The fourth-order valence-electron chi connectivity index (χ4n) is 0.761. The lowest BCUT2D eigenvalue weighted by Crippen LogP contribution is -1.90. The molecule has 0 amide bonds. The normalized spacial score (nSPS) is 10.5. The van der Waals surface area contributed by atoms with Crippen molar-refractivity contribution in [3.63, 3.8) is 0 Å². The van der Waals surface area contributed by atoms with Gasteiger partial charge < -0.3 is 0 Å². The molecular weight excluding hydrogens is 128 g/mol. The first-order chi connectivity index (χ1) is 4.86. The highest BCUT2D eigenvalue weighted by Gasteiger charge is 1.93. The molecule has 0 saturated carbocycles. The fourth-order valence-corrected chi connectivity index (χ4v) is 0.761. The Kier molecular flexibility index (Phi) is 0.943. The number of rotatable bonds is 0. The average Bonchev–Trinajstić information content (AvgIpc) is 2.33. The minimum absolute atomic E-state index is 0.597. The van der Waals surface area contributed by atoms with Crippen molar-refractivity contribution in [3.8, 4) is 0 Å². The van der Waals surface area contributed by atoms with E-state index in [1.54, 1.807) is 10.7 Å². The second kappa shape index (κ2) is 1.76. The molecule has 4 nitrogen and oxygen atoms in total. The first-order valence-corrected chi connectivity index (χ1v) is 2.92. The summed E-state index contributed by atoms with van der Waals surface area (Å²) in [5.41, 5.74) is 0.939. The molecule has 2 aromatic rings. The van der Waals surface area contributed by atoms with Gasteiger partial charge in [-0.05, 0) is 13.0 Å². The molecule has 0 fully saturated rings. The van der Waals surface area contributed by atoms with E-state index in [0.29, 0.717) is 5.78 Å². The molecule has 10 heavy (non-hydrogen) atoms. The van der Waals surface area contributed by atoms with Crippen LogP contribution in [0.3, 0.4) is 0 Å². The number of fused-ring (bicyclic) bond motifs is 1. The number of nitrogens with zero attached hydrogens (tertiary/aromatic N) is 4. The molecule has 0 bridgehead atoms. The molecule has 1 radical (unpaired) electrons. The highest BCUT2D eigenvalue weighted by Crippen LogP contribution is 1.94. The van der Waals surface area contributed by atoms with Gasteiger partial charge in [-0.1, -0.05) is 0 Å². The number of aromatic nitrogens is 4. The molecule has 0 unspecified atom stereocenters. The van der Waals surface area contributed by atoms with Crippen molar-refractivity contribution in [2.75, 3.05) is 0 Å². The van der Waals surface area contributed by atoms with E-state index in [2.05, 4.69) is 21.4 Å². The van der Waals surface area contributed by atoms with Gasteiger partial charge in [0.2, 0.25) is 6.33 Å². The third kappa shape index (κ3) is 0.655. The Morgan fingerprint density at radius 3 is 3.40 bits per heavy atom. The van der Waals surface area contributed by atoms with Gasteiger partial charge in [-0.3, -0.25) is 0 Å². The quantitative estimate of drug-likeness (QED) is 0.516. The second-order valence-corrected chi connectivity index (χ2v) is 2.03. The second-order valence-electron chi connectivity index (χ2n) is 2.03. The van der Waals surface area contributed by atoms with Crippen LogP contribution in [-0.4, -0.2) is 19.6 Å². The Labute approximate surface area is 57.5 Å². The SMILES string of the molecule is Cc1ccn2n[c]nc2n1. The molecule has 4 heteroatoms. The molecule has 2 heterocycles. The zero-order chi connectivity index (χ0) is 6.97. The third-order valence-electron chi connectivity index (χ3n) is 1.24. The van der Waals surface area contributed by atoms with Crippen LogP contribution in [0.5, 0.6) is 0 Å². The predicted molar refractivity (Wildman–Crippen MR) is 34.4 cm³/mol. The lowest BCUT2D eigenvalue weighted by Gasteiger charge is -1.89. The van der Waals surface area contributed by atoms with Crippen molar-refractivity contribution in [1.82, 2.24) is 19.6 Å². The molecule has 0 aliphatic heterocycles. The highest BCUT2D eigenvalue weighted by molar-refractivity contribution is 5.24. The van der Waals surface area contributed by atoms with E-state index in [9.17, 15) is 0 Å². The number of hydrogen-bond acceptors (Lipinski definition) is 3. The van der Waals surface area contributed by atoms with Gasteiger partial charge in [0.05, 0.1) is 0 Å². The Bertz CT molecular complexity index is 351. The summed E-state index contributed by atoms with van der Waals surface area (Å²) in [7, 11) is 0. The molecule has 0 N–H and O–H groups in total. The van der Waals surface area contributed by atoms with Crippen LogP contribution in [0.25, 0.3) is 5.78 Å². The molecule has 2 aromatic heterocycles. The molecule has 0 spiro atoms. The number of hydrogen-bond donors (Lipinski definition) is 0. The summed E-state index contributed by atoms with van der Waals surface area (Å²) in [6, 6.07) is 1.87. The molecule has 0 aromatic carbocycles. The fraction of sp³-hybridized carbons (Fsp3) is 0.167. The van der Waals surface area contributed by atoms with E-state index >= 15 is 0 Å². The van der Waals surface area contributed by atoms with Crippen LogP contribution in [0.1, 0.15) is 5.69 Å². The average molecular weight is 133 g/mol. The van der Waals surface area contributed by atoms with Crippen molar-refractivity contribution in [2.45, 2.75) is 6.92 Å². The van der Waals surface area contributed by atoms with Crippen LogP contribution in [0.2, 0.25) is 0 Å². The maximum Gasteiger partial charge on any atom is 0.253 e. The van der Waals surface area contributed by atoms with Gasteiger partial charge in [0, 0.05) is 11.9 Å². The Morgan fingerprint density at radius 2 is 2.50 bits per heavy atom. The predicted octanol–water partition coefficient (Wildman–Crippen LogP) is 0.233. The van der Waals surface area contributed by atoms with Crippen LogP contribution in [0.4, 0.5) is 0 Å². The van der Waals surface area contributed by atoms with Crippen LogP contribution in [0, 0.1) is 13.3 Å².